The minimum absolute atomic E-state index is 0.228. The molecule has 1 aliphatic heterocycles. The first-order chi connectivity index (χ1) is 10.0. The van der Waals surface area contributed by atoms with E-state index in [9.17, 15) is 8.42 Å². The van der Waals surface area contributed by atoms with Crippen molar-refractivity contribution in [1.29, 1.82) is 0 Å². The fourth-order valence-electron chi connectivity index (χ4n) is 3.53. The number of nitrogens with two attached hydrogens (primary N) is 1. The molecule has 0 amide bonds. The number of hydrogen-bond acceptors (Lipinski definition) is 4. The highest BCUT2D eigenvalue weighted by Gasteiger charge is 2.41. The van der Waals surface area contributed by atoms with Crippen molar-refractivity contribution in [3.63, 3.8) is 0 Å². The molecule has 1 aromatic rings. The van der Waals surface area contributed by atoms with Gasteiger partial charge in [0.25, 0.3) is 0 Å². The van der Waals surface area contributed by atoms with Crippen LogP contribution < -0.4 is 10.5 Å². The molecule has 0 aromatic heterocycles. The van der Waals surface area contributed by atoms with Crippen LogP contribution in [0.5, 0.6) is 5.75 Å². The minimum Gasteiger partial charge on any atom is -0.497 e. The summed E-state index contributed by atoms with van der Waals surface area (Å²) < 4.78 is 32.3. The molecule has 1 heterocycles. The van der Waals surface area contributed by atoms with E-state index >= 15 is 0 Å². The van der Waals surface area contributed by atoms with Gasteiger partial charge in [0.05, 0.1) is 12.0 Å². The predicted octanol–water partition coefficient (Wildman–Crippen LogP) is 1.44. The zero-order valence-electron chi connectivity index (χ0n) is 12.2. The van der Waals surface area contributed by atoms with Crippen LogP contribution in [0.2, 0.25) is 0 Å². The van der Waals surface area contributed by atoms with Crippen LogP contribution in [0.1, 0.15) is 19.3 Å². The number of sulfonamides is 1. The van der Waals surface area contributed by atoms with E-state index in [-0.39, 0.29) is 6.04 Å². The molecule has 3 rings (SSSR count). The summed E-state index contributed by atoms with van der Waals surface area (Å²) in [6, 6.07) is 6.91. The third-order valence-electron chi connectivity index (χ3n) is 4.74. The Balaban J connectivity index is 1.82. The van der Waals surface area contributed by atoms with E-state index in [1.54, 1.807) is 28.6 Å². The van der Waals surface area contributed by atoms with Gasteiger partial charge in [-0.3, -0.25) is 0 Å². The van der Waals surface area contributed by atoms with Gasteiger partial charge < -0.3 is 10.5 Å². The Bertz CT molecular complexity index is 617. The third-order valence-corrected chi connectivity index (χ3v) is 6.56. The molecule has 6 heteroatoms. The molecular formula is C15H22N2O3S. The van der Waals surface area contributed by atoms with E-state index in [4.69, 9.17) is 10.5 Å². The van der Waals surface area contributed by atoms with Crippen LogP contribution in [-0.2, 0) is 10.0 Å². The van der Waals surface area contributed by atoms with Crippen LogP contribution in [0.25, 0.3) is 0 Å². The van der Waals surface area contributed by atoms with Gasteiger partial charge in [-0.25, -0.2) is 8.42 Å². The Labute approximate surface area is 126 Å². The summed E-state index contributed by atoms with van der Waals surface area (Å²) in [6.45, 7) is 1.22. The van der Waals surface area contributed by atoms with Crippen LogP contribution in [0.15, 0.2) is 29.2 Å². The van der Waals surface area contributed by atoms with Gasteiger partial charge in [-0.05, 0) is 43.2 Å². The van der Waals surface area contributed by atoms with Crippen LogP contribution in [0, 0.1) is 11.8 Å². The number of methoxy groups -OCH3 is 1. The zero-order chi connectivity index (χ0) is 15.0. The van der Waals surface area contributed by atoms with E-state index in [0.717, 1.165) is 19.3 Å². The Morgan fingerprint density at radius 2 is 2.00 bits per heavy atom. The first-order valence-electron chi connectivity index (χ1n) is 7.40. The maximum Gasteiger partial charge on any atom is 0.243 e. The number of fused-ring (bicyclic) bond motifs is 1. The monoisotopic (exact) mass is 310 g/mol. The standard InChI is InChI=1S/C15H22N2O3S/c1-20-14-3-2-4-15(8-14)21(18,19)17-9-11-5-6-13(16)7-12(11)10-17/h2-4,8,11-13H,5-7,9-10,16H2,1H3/t11-,12+,13?/m1/s1. The van der Waals surface area contributed by atoms with Crippen LogP contribution in [0.4, 0.5) is 0 Å². The number of benzene rings is 1. The van der Waals surface area contributed by atoms with E-state index < -0.39 is 10.0 Å². The van der Waals surface area contributed by atoms with Crippen molar-refractivity contribution in [3.8, 4) is 5.75 Å². The minimum atomic E-state index is -3.43. The van der Waals surface area contributed by atoms with Crippen molar-refractivity contribution < 1.29 is 13.2 Å². The molecule has 2 aliphatic rings. The molecule has 1 aromatic carbocycles. The van der Waals surface area contributed by atoms with Crippen molar-refractivity contribution >= 4 is 10.0 Å². The fraction of sp³-hybridized carbons (Fsp3) is 0.600. The van der Waals surface area contributed by atoms with Gasteiger partial charge in [0, 0.05) is 25.2 Å². The van der Waals surface area contributed by atoms with Crippen LogP contribution >= 0.6 is 0 Å². The highest BCUT2D eigenvalue weighted by atomic mass is 32.2. The fourth-order valence-corrected chi connectivity index (χ4v) is 5.12. The lowest BCUT2D eigenvalue weighted by atomic mass is 9.79. The van der Waals surface area contributed by atoms with Gasteiger partial charge in [0.2, 0.25) is 10.0 Å². The van der Waals surface area contributed by atoms with Gasteiger partial charge in [0.1, 0.15) is 5.75 Å². The molecule has 0 radical (unpaired) electrons. The third kappa shape index (κ3) is 2.80. The smallest absolute Gasteiger partial charge is 0.243 e. The van der Waals surface area contributed by atoms with Gasteiger partial charge in [-0.15, -0.1) is 0 Å². The highest BCUT2D eigenvalue weighted by Crippen LogP contribution is 2.38. The molecular weight excluding hydrogens is 288 g/mol. The average molecular weight is 310 g/mol. The number of nitrogens with zero attached hydrogens (tertiary/aromatic N) is 1. The first kappa shape index (κ1) is 14.8. The second-order valence-corrected chi connectivity index (χ2v) is 8.03. The van der Waals surface area contributed by atoms with E-state index in [2.05, 4.69) is 0 Å². The molecule has 1 saturated heterocycles. The van der Waals surface area contributed by atoms with Gasteiger partial charge in [-0.2, -0.15) is 4.31 Å². The van der Waals surface area contributed by atoms with Crippen molar-refractivity contribution in [2.75, 3.05) is 20.2 Å². The van der Waals surface area contributed by atoms with E-state index in [1.165, 1.54) is 7.11 Å². The van der Waals surface area contributed by atoms with Crippen LogP contribution in [-0.4, -0.2) is 39.0 Å². The van der Waals surface area contributed by atoms with Gasteiger partial charge in [0.15, 0.2) is 0 Å². The summed E-state index contributed by atoms with van der Waals surface area (Å²) in [4.78, 5) is 0.310. The SMILES string of the molecule is COc1cccc(S(=O)(=O)N2C[C@H]3CCC(N)C[C@H]3C2)c1. The molecule has 1 saturated carbocycles. The molecule has 0 bridgehead atoms. The summed E-state index contributed by atoms with van der Waals surface area (Å²) in [5.41, 5.74) is 6.01. The molecule has 21 heavy (non-hydrogen) atoms. The topological polar surface area (TPSA) is 72.6 Å². The number of rotatable bonds is 3. The molecule has 0 spiro atoms. The lowest BCUT2D eigenvalue weighted by molar-refractivity contribution is 0.271. The van der Waals surface area contributed by atoms with Crippen molar-refractivity contribution in [1.82, 2.24) is 4.31 Å². The molecule has 2 N–H and O–H groups in total. The molecule has 116 valence electrons. The van der Waals surface area contributed by atoms with Crippen molar-refractivity contribution in [2.24, 2.45) is 17.6 Å². The highest BCUT2D eigenvalue weighted by molar-refractivity contribution is 7.89. The molecule has 2 fully saturated rings. The summed E-state index contributed by atoms with van der Waals surface area (Å²) >= 11 is 0. The lowest BCUT2D eigenvalue weighted by Crippen LogP contribution is -2.32. The van der Waals surface area contributed by atoms with E-state index in [0.29, 0.717) is 35.6 Å². The normalized spacial score (nSPS) is 30.1. The summed E-state index contributed by atoms with van der Waals surface area (Å²) in [5, 5.41) is 0. The van der Waals surface area contributed by atoms with Gasteiger partial charge >= 0.3 is 0 Å². The second kappa shape index (κ2) is 5.59. The predicted molar refractivity (Wildman–Crippen MR) is 80.6 cm³/mol. The second-order valence-electron chi connectivity index (χ2n) is 6.09. The summed E-state index contributed by atoms with van der Waals surface area (Å²) in [6.07, 6.45) is 2.99. The maximum absolute atomic E-state index is 12.8. The van der Waals surface area contributed by atoms with Crippen LogP contribution in [0.3, 0.4) is 0 Å². The summed E-state index contributed by atoms with van der Waals surface area (Å²) in [5.74, 6) is 1.44. The lowest BCUT2D eigenvalue weighted by Gasteiger charge is -2.28. The Morgan fingerprint density at radius 1 is 1.24 bits per heavy atom. The molecule has 1 aliphatic carbocycles. The maximum atomic E-state index is 12.8. The number of hydrogen-bond donors (Lipinski definition) is 1. The zero-order valence-corrected chi connectivity index (χ0v) is 13.1. The molecule has 1 unspecified atom stereocenters. The largest absolute Gasteiger partial charge is 0.497 e. The molecule has 3 atom stereocenters. The Kier molecular flexibility index (Phi) is 3.94. The van der Waals surface area contributed by atoms with Gasteiger partial charge in [-0.1, -0.05) is 6.07 Å². The quantitative estimate of drug-likeness (QED) is 0.917. The average Bonchev–Trinajstić information content (AvgIpc) is 2.91. The van der Waals surface area contributed by atoms with E-state index in [1.807, 2.05) is 0 Å². The van der Waals surface area contributed by atoms with Crippen molar-refractivity contribution in [2.45, 2.75) is 30.2 Å². The van der Waals surface area contributed by atoms with Crippen molar-refractivity contribution in [3.05, 3.63) is 24.3 Å². The molecule has 5 nitrogen and oxygen atoms in total. The number of ether oxygens (including phenoxy) is 1. The first-order valence-corrected chi connectivity index (χ1v) is 8.84. The summed E-state index contributed by atoms with van der Waals surface area (Å²) in [7, 11) is -1.90. The Morgan fingerprint density at radius 3 is 2.76 bits per heavy atom. The Hall–Kier alpha value is -1.11.